The molecule has 1 aromatic rings. The van der Waals surface area contributed by atoms with Crippen LogP contribution in [0.5, 0.6) is 0 Å². The summed E-state index contributed by atoms with van der Waals surface area (Å²) < 4.78 is 9.26. The molecule has 0 aliphatic carbocycles. The van der Waals surface area contributed by atoms with Gasteiger partial charge in [0.15, 0.2) is 0 Å². The summed E-state index contributed by atoms with van der Waals surface area (Å²) in [5.74, 6) is -0.557. The molecule has 13 heavy (non-hydrogen) atoms. The number of hydrogen-bond acceptors (Lipinski definition) is 2. The van der Waals surface area contributed by atoms with Crippen molar-refractivity contribution in [3.05, 3.63) is 10.6 Å². The quantitative estimate of drug-likeness (QED) is 0.689. The van der Waals surface area contributed by atoms with Crippen LogP contribution >= 0.6 is 11.3 Å². The van der Waals surface area contributed by atoms with Gasteiger partial charge in [-0.1, -0.05) is 33.5 Å². The predicted octanol–water partition coefficient (Wildman–Crippen LogP) is 3.12. The minimum Gasteiger partial charge on any atom is -0.251 e. The Kier molecular flexibility index (Phi) is 2.56. The van der Waals surface area contributed by atoms with Gasteiger partial charge in [0.25, 0.3) is 0 Å². The molecule has 1 rings (SSSR count). The van der Waals surface area contributed by atoms with E-state index >= 15 is 0 Å². The Morgan fingerprint density at radius 2 is 1.92 bits per heavy atom. The monoisotopic (exact) mass is 214 g/mol. The number of hydrogen-bond donors (Lipinski definition) is 0. The fourth-order valence-corrected chi connectivity index (χ4v) is 4.09. The highest BCUT2D eigenvalue weighted by Crippen LogP contribution is 2.21. The van der Waals surface area contributed by atoms with E-state index in [1.54, 1.807) is 11.3 Å². The van der Waals surface area contributed by atoms with Crippen LogP contribution in [0.1, 0.15) is 31.7 Å². The van der Waals surface area contributed by atoms with Gasteiger partial charge in [-0.3, -0.25) is 4.98 Å². The SMILES string of the molecule is [2H]C(C)(C)c1nc([Si](C)(C)C)sc1C. The van der Waals surface area contributed by atoms with Crippen LogP contribution < -0.4 is 4.63 Å². The Balaban J connectivity index is 3.19. The zero-order valence-corrected chi connectivity index (χ0v) is 11.2. The fourth-order valence-electron chi connectivity index (χ4n) is 1.18. The van der Waals surface area contributed by atoms with E-state index in [0.717, 1.165) is 5.69 Å². The van der Waals surface area contributed by atoms with E-state index < -0.39 is 14.0 Å². The number of rotatable bonds is 2. The minimum atomic E-state index is -1.30. The summed E-state index contributed by atoms with van der Waals surface area (Å²) in [6.45, 7) is 12.8. The lowest BCUT2D eigenvalue weighted by Gasteiger charge is -2.10. The first-order valence-corrected chi connectivity index (χ1v) is 8.92. The first-order chi connectivity index (χ1) is 6.12. The highest BCUT2D eigenvalue weighted by molar-refractivity contribution is 7.25. The molecule has 0 N–H and O–H groups in total. The molecule has 0 fully saturated rings. The molecule has 0 unspecified atom stereocenters. The molecule has 74 valence electrons. The molecule has 0 aromatic carbocycles. The maximum Gasteiger partial charge on any atom is 0.114 e. The van der Waals surface area contributed by atoms with Crippen molar-refractivity contribution in [2.24, 2.45) is 0 Å². The lowest BCUT2D eigenvalue weighted by molar-refractivity contribution is 0.827. The van der Waals surface area contributed by atoms with Crippen LogP contribution in [0.25, 0.3) is 0 Å². The van der Waals surface area contributed by atoms with Gasteiger partial charge >= 0.3 is 0 Å². The molecule has 0 bridgehead atoms. The largest absolute Gasteiger partial charge is 0.251 e. The van der Waals surface area contributed by atoms with E-state index in [0.29, 0.717) is 0 Å². The molecule has 0 saturated carbocycles. The van der Waals surface area contributed by atoms with E-state index in [2.05, 4.69) is 31.5 Å². The molecule has 0 aliphatic heterocycles. The first-order valence-electron chi connectivity index (χ1n) is 5.11. The van der Waals surface area contributed by atoms with Crippen LogP contribution in [-0.4, -0.2) is 13.1 Å². The van der Waals surface area contributed by atoms with E-state index in [-0.39, 0.29) is 0 Å². The van der Waals surface area contributed by atoms with Crippen LogP contribution in [0.3, 0.4) is 0 Å². The average Bonchev–Trinajstić information content (AvgIpc) is 2.27. The van der Waals surface area contributed by atoms with Crippen molar-refractivity contribution in [3.63, 3.8) is 0 Å². The third-order valence-electron chi connectivity index (χ3n) is 1.91. The summed E-state index contributed by atoms with van der Waals surface area (Å²) in [6.07, 6.45) is 0. The van der Waals surface area contributed by atoms with Crippen LogP contribution in [0.4, 0.5) is 0 Å². The van der Waals surface area contributed by atoms with Crippen molar-refractivity contribution in [2.45, 2.75) is 46.3 Å². The van der Waals surface area contributed by atoms with Gasteiger partial charge in [-0.05, 0) is 12.8 Å². The third-order valence-corrected chi connectivity index (χ3v) is 6.23. The van der Waals surface area contributed by atoms with Gasteiger partial charge in [-0.2, -0.15) is 0 Å². The fraction of sp³-hybridized carbons (Fsp3) is 0.700. The van der Waals surface area contributed by atoms with Crippen LogP contribution in [-0.2, 0) is 0 Å². The molecule has 0 atom stereocenters. The van der Waals surface area contributed by atoms with E-state index in [4.69, 9.17) is 1.37 Å². The maximum absolute atomic E-state index is 7.99. The minimum absolute atomic E-state index is 0.557. The molecule has 0 amide bonds. The van der Waals surface area contributed by atoms with E-state index in [9.17, 15) is 0 Å². The number of aryl methyl sites for hydroxylation is 1. The van der Waals surface area contributed by atoms with Crippen LogP contribution in [0.2, 0.25) is 19.6 Å². The van der Waals surface area contributed by atoms with Crippen molar-refractivity contribution < 1.29 is 1.37 Å². The van der Waals surface area contributed by atoms with Crippen molar-refractivity contribution in [3.8, 4) is 0 Å². The average molecular weight is 214 g/mol. The van der Waals surface area contributed by atoms with Gasteiger partial charge in [0.05, 0.1) is 10.3 Å². The second kappa shape index (κ2) is 3.54. The smallest absolute Gasteiger partial charge is 0.114 e. The van der Waals surface area contributed by atoms with Gasteiger partial charge in [0.2, 0.25) is 0 Å². The van der Waals surface area contributed by atoms with E-state index in [1.807, 2.05) is 13.8 Å². The normalized spacial score (nSPS) is 14.5. The molecule has 3 heteroatoms. The third kappa shape index (κ3) is 2.41. The summed E-state index contributed by atoms with van der Waals surface area (Å²) in [4.78, 5) is 5.86. The summed E-state index contributed by atoms with van der Waals surface area (Å²) in [5, 5.41) is 0. The van der Waals surface area contributed by atoms with Crippen molar-refractivity contribution in [2.75, 3.05) is 0 Å². The van der Waals surface area contributed by atoms with Crippen LogP contribution in [0.15, 0.2) is 0 Å². The number of thiazole rings is 1. The Bertz CT molecular complexity index is 333. The summed E-state index contributed by atoms with van der Waals surface area (Å²) in [7, 11) is -1.30. The Morgan fingerprint density at radius 3 is 2.15 bits per heavy atom. The highest BCUT2D eigenvalue weighted by Gasteiger charge is 2.22. The van der Waals surface area contributed by atoms with Gasteiger partial charge in [-0.25, -0.2) is 0 Å². The first kappa shape index (κ1) is 9.40. The van der Waals surface area contributed by atoms with Crippen molar-refractivity contribution in [1.29, 1.82) is 0 Å². The number of aromatic nitrogens is 1. The highest BCUT2D eigenvalue weighted by atomic mass is 32.1. The lowest BCUT2D eigenvalue weighted by Crippen LogP contribution is -2.37. The summed E-state index contributed by atoms with van der Waals surface area (Å²) in [5.41, 5.74) is 0.958. The van der Waals surface area contributed by atoms with Gasteiger partial charge in [-0.15, -0.1) is 11.3 Å². The molecule has 0 aliphatic rings. The Morgan fingerprint density at radius 1 is 1.38 bits per heavy atom. The van der Waals surface area contributed by atoms with Gasteiger partial charge in [0, 0.05) is 6.25 Å². The van der Waals surface area contributed by atoms with Crippen molar-refractivity contribution >= 4 is 24.0 Å². The number of nitrogens with zero attached hydrogens (tertiary/aromatic N) is 1. The zero-order valence-electron chi connectivity index (χ0n) is 10.4. The van der Waals surface area contributed by atoms with Gasteiger partial charge < -0.3 is 0 Å². The molecule has 1 aromatic heterocycles. The Labute approximate surface area is 87.6 Å². The maximum atomic E-state index is 7.99. The molecule has 0 spiro atoms. The topological polar surface area (TPSA) is 12.9 Å². The van der Waals surface area contributed by atoms with E-state index in [1.165, 1.54) is 9.51 Å². The predicted molar refractivity (Wildman–Crippen MR) is 63.9 cm³/mol. The van der Waals surface area contributed by atoms with Crippen LogP contribution in [0, 0.1) is 6.92 Å². The molecule has 1 heterocycles. The summed E-state index contributed by atoms with van der Waals surface area (Å²) in [6, 6.07) is 0. The zero-order chi connectivity index (χ0) is 11.1. The molecular weight excluding hydrogens is 194 g/mol. The summed E-state index contributed by atoms with van der Waals surface area (Å²) >= 11 is 1.78. The second-order valence-electron chi connectivity index (χ2n) is 4.67. The molecular formula is C10H19NSSi. The second-order valence-corrected chi connectivity index (χ2v) is 11.2. The van der Waals surface area contributed by atoms with Gasteiger partial charge in [0.1, 0.15) is 8.07 Å². The standard InChI is InChI=1S/C10H19NSSi/c1-7(2)9-8(3)12-10(11-9)13(4,5)6/h7H,1-6H3/i7D. The lowest BCUT2D eigenvalue weighted by atomic mass is 10.1. The van der Waals surface area contributed by atoms with Crippen molar-refractivity contribution in [1.82, 2.24) is 4.98 Å². The molecule has 1 nitrogen and oxygen atoms in total. The molecule has 0 saturated heterocycles. The Hall–Kier alpha value is -0.153. The molecule has 0 radical (unpaired) electrons.